The molecule has 0 bridgehead atoms. The Balaban J connectivity index is 1.82. The van der Waals surface area contributed by atoms with Crippen molar-refractivity contribution in [3.63, 3.8) is 0 Å². The van der Waals surface area contributed by atoms with Gasteiger partial charge in [0.05, 0.1) is 22.5 Å². The van der Waals surface area contributed by atoms with Crippen molar-refractivity contribution in [3.05, 3.63) is 69.7 Å². The number of carbonyl (C=O) groups excluding carboxylic acids is 1. The second-order valence-electron chi connectivity index (χ2n) is 6.95. The minimum Gasteiger partial charge on any atom is -0.380 e. The zero-order valence-electron chi connectivity index (χ0n) is 14.9. The molecule has 1 aliphatic rings. The lowest BCUT2D eigenvalue weighted by atomic mass is 9.91. The molecule has 134 valence electrons. The molecule has 2 N–H and O–H groups in total. The van der Waals surface area contributed by atoms with Crippen molar-refractivity contribution in [2.45, 2.75) is 20.8 Å². The van der Waals surface area contributed by atoms with Gasteiger partial charge >= 0.3 is 0 Å². The van der Waals surface area contributed by atoms with Crippen LogP contribution >= 0.6 is 0 Å². The summed E-state index contributed by atoms with van der Waals surface area (Å²) in [6, 6.07) is 3.66. The Morgan fingerprint density at radius 3 is 2.85 bits per heavy atom. The van der Waals surface area contributed by atoms with Gasteiger partial charge in [0.1, 0.15) is 5.65 Å². The molecule has 0 unspecified atom stereocenters. The van der Waals surface area contributed by atoms with E-state index >= 15 is 0 Å². The molecular weight excluding hydrogens is 332 g/mol. The lowest BCUT2D eigenvalue weighted by Crippen LogP contribution is -2.08. The van der Waals surface area contributed by atoms with Crippen molar-refractivity contribution in [2.75, 3.05) is 11.9 Å². The van der Waals surface area contributed by atoms with Crippen LogP contribution in [0.5, 0.6) is 0 Å². The maximum absolute atomic E-state index is 11.5. The molecule has 0 atom stereocenters. The first-order valence-corrected chi connectivity index (χ1v) is 8.24. The van der Waals surface area contributed by atoms with Crippen molar-refractivity contribution in [2.24, 2.45) is 5.41 Å². The van der Waals surface area contributed by atoms with E-state index in [2.05, 4.69) is 15.3 Å². The average Bonchev–Trinajstić information content (AvgIpc) is 2.92. The molecule has 0 spiro atoms. The summed E-state index contributed by atoms with van der Waals surface area (Å²) in [5.41, 5.74) is 2.56. The molecule has 2 aromatic heterocycles. The van der Waals surface area contributed by atoms with Crippen LogP contribution in [-0.4, -0.2) is 27.2 Å². The summed E-state index contributed by atoms with van der Waals surface area (Å²) in [5, 5.41) is 15.2. The summed E-state index contributed by atoms with van der Waals surface area (Å²) in [6.45, 7) is 5.92. The molecule has 0 radical (unpaired) electrons. The number of pyridine rings is 1. The van der Waals surface area contributed by atoms with Crippen LogP contribution in [0.4, 0.5) is 5.69 Å². The van der Waals surface area contributed by atoms with Crippen LogP contribution in [-0.2, 0) is 0 Å². The molecule has 0 fully saturated rings. The van der Waals surface area contributed by atoms with Gasteiger partial charge in [0.25, 0.3) is 5.70 Å². The number of anilines is 1. The molecule has 0 amide bonds. The lowest BCUT2D eigenvalue weighted by Gasteiger charge is -2.15. The van der Waals surface area contributed by atoms with Crippen LogP contribution in [0.1, 0.15) is 31.3 Å². The van der Waals surface area contributed by atoms with Crippen LogP contribution in [0.2, 0.25) is 0 Å². The van der Waals surface area contributed by atoms with Crippen molar-refractivity contribution < 1.29 is 9.72 Å². The Kier molecular flexibility index (Phi) is 4.46. The molecule has 0 saturated carbocycles. The molecular formula is C19H20N4O3. The SMILES string of the molecule is CC(=O)c1cc2cc(NCC3=CC(C)(C)C=CC([N+](=O)[O-])=C3)cnc2[nH]1. The molecule has 0 aromatic carbocycles. The number of nitro groups is 1. The summed E-state index contributed by atoms with van der Waals surface area (Å²) in [7, 11) is 0. The quantitative estimate of drug-likeness (QED) is 0.483. The smallest absolute Gasteiger partial charge is 0.269 e. The number of Topliss-reactive ketones (excluding diaryl/α,β-unsaturated/α-hetero) is 1. The highest BCUT2D eigenvalue weighted by molar-refractivity contribution is 5.97. The number of carbonyl (C=O) groups is 1. The van der Waals surface area contributed by atoms with E-state index in [0.29, 0.717) is 17.9 Å². The Morgan fingerprint density at radius 2 is 2.15 bits per heavy atom. The number of aromatic amines is 1. The number of nitrogens with one attached hydrogen (secondary N) is 2. The van der Waals surface area contributed by atoms with Gasteiger partial charge < -0.3 is 10.3 Å². The molecule has 0 aliphatic heterocycles. The zero-order valence-corrected chi connectivity index (χ0v) is 14.9. The van der Waals surface area contributed by atoms with Crippen LogP contribution in [0.15, 0.2) is 53.9 Å². The van der Waals surface area contributed by atoms with Gasteiger partial charge in [-0.25, -0.2) is 4.98 Å². The van der Waals surface area contributed by atoms with Gasteiger partial charge in [0.15, 0.2) is 5.78 Å². The molecule has 1 aliphatic carbocycles. The molecule has 7 nitrogen and oxygen atoms in total. The van der Waals surface area contributed by atoms with Gasteiger partial charge in [-0.2, -0.15) is 0 Å². The van der Waals surface area contributed by atoms with Crippen molar-refractivity contribution >= 4 is 22.5 Å². The van der Waals surface area contributed by atoms with Gasteiger partial charge in [-0.3, -0.25) is 14.9 Å². The van der Waals surface area contributed by atoms with E-state index in [1.54, 1.807) is 24.4 Å². The van der Waals surface area contributed by atoms with Crippen molar-refractivity contribution in [3.8, 4) is 0 Å². The third kappa shape index (κ3) is 3.88. The first-order valence-electron chi connectivity index (χ1n) is 8.24. The Morgan fingerprint density at radius 1 is 1.38 bits per heavy atom. The maximum atomic E-state index is 11.5. The van der Waals surface area contributed by atoms with E-state index < -0.39 is 0 Å². The van der Waals surface area contributed by atoms with E-state index in [1.807, 2.05) is 32.1 Å². The number of hydrogen-bond acceptors (Lipinski definition) is 5. The first kappa shape index (κ1) is 17.6. The highest BCUT2D eigenvalue weighted by Gasteiger charge is 2.19. The topological polar surface area (TPSA) is 101 Å². The maximum Gasteiger partial charge on any atom is 0.269 e. The lowest BCUT2D eigenvalue weighted by molar-refractivity contribution is -0.419. The second kappa shape index (κ2) is 6.59. The van der Waals surface area contributed by atoms with Crippen LogP contribution in [0.3, 0.4) is 0 Å². The first-order chi connectivity index (χ1) is 12.2. The summed E-state index contributed by atoms with van der Waals surface area (Å²) in [5.74, 6) is -0.0479. The number of fused-ring (bicyclic) bond motifs is 1. The monoisotopic (exact) mass is 352 g/mol. The zero-order chi connectivity index (χ0) is 18.9. The van der Waals surface area contributed by atoms with E-state index in [0.717, 1.165) is 16.6 Å². The molecule has 0 saturated heterocycles. The van der Waals surface area contributed by atoms with Crippen LogP contribution < -0.4 is 5.32 Å². The third-order valence-electron chi connectivity index (χ3n) is 4.13. The average molecular weight is 352 g/mol. The van der Waals surface area contributed by atoms with E-state index in [-0.39, 0.29) is 21.8 Å². The molecule has 3 rings (SSSR count). The Labute approximate surface area is 150 Å². The summed E-state index contributed by atoms with van der Waals surface area (Å²) in [6.07, 6.45) is 8.62. The van der Waals surface area contributed by atoms with Crippen molar-refractivity contribution in [1.29, 1.82) is 0 Å². The number of aromatic nitrogens is 2. The third-order valence-corrected chi connectivity index (χ3v) is 4.13. The van der Waals surface area contributed by atoms with E-state index in [1.165, 1.54) is 6.92 Å². The second-order valence-corrected chi connectivity index (χ2v) is 6.95. The van der Waals surface area contributed by atoms with Gasteiger partial charge in [-0.05, 0) is 17.7 Å². The predicted octanol–water partition coefficient (Wildman–Crippen LogP) is 3.86. The van der Waals surface area contributed by atoms with E-state index in [4.69, 9.17) is 0 Å². The van der Waals surface area contributed by atoms with Gasteiger partial charge in [0, 0.05) is 36.4 Å². The van der Waals surface area contributed by atoms with Crippen molar-refractivity contribution in [1.82, 2.24) is 9.97 Å². The predicted molar refractivity (Wildman–Crippen MR) is 101 cm³/mol. The fraction of sp³-hybridized carbons (Fsp3) is 0.263. The van der Waals surface area contributed by atoms with E-state index in [9.17, 15) is 14.9 Å². The number of rotatable bonds is 5. The van der Waals surface area contributed by atoms with Gasteiger partial charge in [0.2, 0.25) is 0 Å². The number of H-pyrrole nitrogens is 1. The number of nitrogens with zero attached hydrogens (tertiary/aromatic N) is 2. The normalized spacial score (nSPS) is 16.0. The highest BCUT2D eigenvalue weighted by Crippen LogP contribution is 2.26. The molecule has 2 heterocycles. The number of ketones is 1. The fourth-order valence-corrected chi connectivity index (χ4v) is 2.83. The summed E-state index contributed by atoms with van der Waals surface area (Å²) in [4.78, 5) is 29.5. The van der Waals surface area contributed by atoms with Gasteiger partial charge in [-0.1, -0.05) is 26.0 Å². The Hall–Kier alpha value is -3.22. The molecule has 26 heavy (non-hydrogen) atoms. The highest BCUT2D eigenvalue weighted by atomic mass is 16.6. The standard InChI is InChI=1S/C19H20N4O3/c1-12(24)17-8-14-7-15(11-21-18(14)22-17)20-10-13-6-16(23(25)26)4-5-19(2,3)9-13/h4-9,11,20H,10H2,1-3H3,(H,21,22). The fourth-order valence-electron chi connectivity index (χ4n) is 2.83. The largest absolute Gasteiger partial charge is 0.380 e. The summed E-state index contributed by atoms with van der Waals surface area (Å²) >= 11 is 0. The van der Waals surface area contributed by atoms with Crippen LogP contribution in [0.25, 0.3) is 11.0 Å². The summed E-state index contributed by atoms with van der Waals surface area (Å²) < 4.78 is 0. The molecule has 7 heteroatoms. The molecule has 2 aromatic rings. The Bertz CT molecular complexity index is 980. The number of allylic oxidation sites excluding steroid dienone is 3. The minimum atomic E-state index is -0.386. The number of hydrogen-bond donors (Lipinski definition) is 2. The van der Waals surface area contributed by atoms with Gasteiger partial charge in [-0.15, -0.1) is 0 Å². The van der Waals surface area contributed by atoms with Crippen LogP contribution in [0, 0.1) is 15.5 Å². The minimum absolute atomic E-state index is 0.0479.